The highest BCUT2D eigenvalue weighted by molar-refractivity contribution is 6.31. The monoisotopic (exact) mass is 359 g/mol. The maximum atomic E-state index is 12.6. The predicted molar refractivity (Wildman–Crippen MR) is 103 cm³/mol. The van der Waals surface area contributed by atoms with Crippen LogP contribution >= 0.6 is 11.6 Å². The van der Waals surface area contributed by atoms with Crippen LogP contribution in [0.4, 0.5) is 0 Å². The number of hydrogen-bond donors (Lipinski definition) is 0. The first kappa shape index (κ1) is 17.8. The van der Waals surface area contributed by atoms with Gasteiger partial charge in [-0.05, 0) is 43.8 Å². The predicted octanol–water partition coefficient (Wildman–Crippen LogP) is 4.71. The fourth-order valence-electron chi connectivity index (χ4n) is 2.91. The molecule has 0 aliphatic rings. The Morgan fingerprint density at radius 1 is 1.04 bits per heavy atom. The molecule has 3 aromatic rings. The minimum atomic E-state index is -0.0546. The van der Waals surface area contributed by atoms with Crippen molar-refractivity contribution in [3.63, 3.8) is 0 Å². The van der Waals surface area contributed by atoms with E-state index in [9.17, 15) is 4.79 Å². The number of nitrogens with zero attached hydrogens (tertiary/aromatic N) is 1. The van der Waals surface area contributed by atoms with E-state index in [0.717, 1.165) is 26.1 Å². The Kier molecular flexibility index (Phi) is 5.61. The standard InChI is InChI=1S/C20H22ClNO3/c1-3-22(4-2)10-5-11-24-15-7-9-17-19(13-15)25-18-12-14(21)6-8-16(18)20(17)23/h6-9,12-13H,3-5,10-11H2,1-2H3. The van der Waals surface area contributed by atoms with Gasteiger partial charge in [0.1, 0.15) is 16.9 Å². The van der Waals surface area contributed by atoms with Gasteiger partial charge in [-0.3, -0.25) is 4.79 Å². The van der Waals surface area contributed by atoms with Crippen LogP contribution in [0.15, 0.2) is 45.6 Å². The van der Waals surface area contributed by atoms with Gasteiger partial charge >= 0.3 is 0 Å². The quantitative estimate of drug-likeness (QED) is 0.452. The molecule has 0 saturated carbocycles. The van der Waals surface area contributed by atoms with Crippen LogP contribution in [0.5, 0.6) is 5.75 Å². The summed E-state index contributed by atoms with van der Waals surface area (Å²) >= 11 is 6.00. The van der Waals surface area contributed by atoms with Crippen LogP contribution < -0.4 is 10.2 Å². The normalized spacial score (nSPS) is 11.5. The first-order valence-corrected chi connectivity index (χ1v) is 9.01. The van der Waals surface area contributed by atoms with E-state index in [-0.39, 0.29) is 5.43 Å². The average molecular weight is 360 g/mol. The molecule has 0 aliphatic carbocycles. The summed E-state index contributed by atoms with van der Waals surface area (Å²) in [6.07, 6.45) is 0.955. The number of halogens is 1. The minimum absolute atomic E-state index is 0.0546. The maximum Gasteiger partial charge on any atom is 0.200 e. The van der Waals surface area contributed by atoms with Crippen molar-refractivity contribution in [2.75, 3.05) is 26.2 Å². The first-order valence-electron chi connectivity index (χ1n) is 8.63. The lowest BCUT2D eigenvalue weighted by atomic mass is 10.1. The van der Waals surface area contributed by atoms with Crippen molar-refractivity contribution < 1.29 is 9.15 Å². The van der Waals surface area contributed by atoms with Crippen molar-refractivity contribution in [3.8, 4) is 5.75 Å². The molecule has 0 radical (unpaired) electrons. The molecule has 1 heterocycles. The van der Waals surface area contributed by atoms with Crippen molar-refractivity contribution in [2.24, 2.45) is 0 Å². The topological polar surface area (TPSA) is 42.7 Å². The second kappa shape index (κ2) is 7.89. The molecule has 0 atom stereocenters. The lowest BCUT2D eigenvalue weighted by Gasteiger charge is -2.17. The largest absolute Gasteiger partial charge is 0.493 e. The van der Waals surface area contributed by atoms with E-state index in [0.29, 0.717) is 39.3 Å². The number of fused-ring (bicyclic) bond motifs is 2. The van der Waals surface area contributed by atoms with E-state index in [4.69, 9.17) is 20.8 Å². The molecule has 0 fully saturated rings. The minimum Gasteiger partial charge on any atom is -0.493 e. The van der Waals surface area contributed by atoms with E-state index in [1.807, 2.05) is 6.07 Å². The van der Waals surface area contributed by atoms with Crippen LogP contribution in [0, 0.1) is 0 Å². The fourth-order valence-corrected chi connectivity index (χ4v) is 3.08. The molecule has 2 aromatic carbocycles. The second-order valence-electron chi connectivity index (χ2n) is 5.96. The Morgan fingerprint density at radius 3 is 2.44 bits per heavy atom. The zero-order chi connectivity index (χ0) is 17.8. The third-order valence-corrected chi connectivity index (χ3v) is 4.62. The Morgan fingerprint density at radius 2 is 1.72 bits per heavy atom. The Labute approximate surface area is 151 Å². The van der Waals surface area contributed by atoms with Gasteiger partial charge in [0, 0.05) is 23.7 Å². The summed E-state index contributed by atoms with van der Waals surface area (Å²) in [5, 5.41) is 1.62. The third-order valence-electron chi connectivity index (χ3n) is 4.39. The van der Waals surface area contributed by atoms with Crippen molar-refractivity contribution >= 4 is 33.5 Å². The fraction of sp³-hybridized carbons (Fsp3) is 0.350. The lowest BCUT2D eigenvalue weighted by molar-refractivity contribution is 0.249. The summed E-state index contributed by atoms with van der Waals surface area (Å²) in [5.74, 6) is 0.705. The van der Waals surface area contributed by atoms with Gasteiger partial charge in [0.2, 0.25) is 5.43 Å². The van der Waals surface area contributed by atoms with Gasteiger partial charge in [-0.1, -0.05) is 25.4 Å². The molecule has 1 aromatic heterocycles. The maximum absolute atomic E-state index is 12.6. The molecule has 3 rings (SSSR count). The Balaban J connectivity index is 1.80. The van der Waals surface area contributed by atoms with Gasteiger partial charge < -0.3 is 14.1 Å². The van der Waals surface area contributed by atoms with E-state index in [2.05, 4.69) is 18.7 Å². The molecule has 5 heteroatoms. The van der Waals surface area contributed by atoms with Crippen LogP contribution in [0.3, 0.4) is 0 Å². The smallest absolute Gasteiger partial charge is 0.200 e. The summed E-state index contributed by atoms with van der Waals surface area (Å²) in [6, 6.07) is 10.4. The van der Waals surface area contributed by atoms with Gasteiger partial charge in [-0.2, -0.15) is 0 Å². The number of benzene rings is 2. The van der Waals surface area contributed by atoms with Crippen molar-refractivity contribution in [2.45, 2.75) is 20.3 Å². The van der Waals surface area contributed by atoms with Gasteiger partial charge in [0.15, 0.2) is 0 Å². The van der Waals surface area contributed by atoms with Crippen LogP contribution in [0.2, 0.25) is 5.02 Å². The highest BCUT2D eigenvalue weighted by atomic mass is 35.5. The molecule has 0 saturated heterocycles. The molecular weight excluding hydrogens is 338 g/mol. The van der Waals surface area contributed by atoms with E-state index < -0.39 is 0 Å². The van der Waals surface area contributed by atoms with Crippen LogP contribution in [-0.4, -0.2) is 31.1 Å². The Bertz CT molecular complexity index is 931. The van der Waals surface area contributed by atoms with Gasteiger partial charge in [-0.25, -0.2) is 0 Å². The zero-order valence-electron chi connectivity index (χ0n) is 14.5. The molecule has 4 nitrogen and oxygen atoms in total. The Hall–Kier alpha value is -2.04. The molecule has 0 bridgehead atoms. The van der Waals surface area contributed by atoms with Crippen molar-refractivity contribution in [1.29, 1.82) is 0 Å². The summed E-state index contributed by atoms with van der Waals surface area (Å²) in [7, 11) is 0. The van der Waals surface area contributed by atoms with E-state index in [1.54, 1.807) is 30.3 Å². The second-order valence-corrected chi connectivity index (χ2v) is 6.39. The van der Waals surface area contributed by atoms with Gasteiger partial charge in [-0.15, -0.1) is 0 Å². The molecule has 0 spiro atoms. The van der Waals surface area contributed by atoms with E-state index in [1.165, 1.54) is 0 Å². The van der Waals surface area contributed by atoms with Crippen molar-refractivity contribution in [1.82, 2.24) is 4.90 Å². The molecule has 0 N–H and O–H groups in total. The summed E-state index contributed by atoms with van der Waals surface area (Å²) in [4.78, 5) is 14.9. The number of ether oxygens (including phenoxy) is 1. The van der Waals surface area contributed by atoms with E-state index >= 15 is 0 Å². The molecule has 0 amide bonds. The molecule has 25 heavy (non-hydrogen) atoms. The molecule has 132 valence electrons. The van der Waals surface area contributed by atoms with Gasteiger partial charge in [0.25, 0.3) is 0 Å². The van der Waals surface area contributed by atoms with Crippen molar-refractivity contribution in [3.05, 3.63) is 51.6 Å². The first-order chi connectivity index (χ1) is 12.1. The number of rotatable bonds is 7. The molecule has 0 aliphatic heterocycles. The average Bonchev–Trinajstić information content (AvgIpc) is 2.61. The number of hydrogen-bond acceptors (Lipinski definition) is 4. The van der Waals surface area contributed by atoms with Crippen LogP contribution in [-0.2, 0) is 0 Å². The van der Waals surface area contributed by atoms with Crippen LogP contribution in [0.25, 0.3) is 21.9 Å². The lowest BCUT2D eigenvalue weighted by Crippen LogP contribution is -2.25. The third kappa shape index (κ3) is 3.97. The van der Waals surface area contributed by atoms with Gasteiger partial charge in [0.05, 0.1) is 17.4 Å². The highest BCUT2D eigenvalue weighted by Gasteiger charge is 2.09. The molecule has 0 unspecified atom stereocenters. The summed E-state index contributed by atoms with van der Waals surface area (Å²) < 4.78 is 11.7. The zero-order valence-corrected chi connectivity index (χ0v) is 15.3. The summed E-state index contributed by atoms with van der Waals surface area (Å²) in [6.45, 7) is 8.06. The molecular formula is C20H22ClNO3. The highest BCUT2D eigenvalue weighted by Crippen LogP contribution is 2.24. The summed E-state index contributed by atoms with van der Waals surface area (Å²) in [5.41, 5.74) is 0.950. The SMILES string of the molecule is CCN(CC)CCCOc1ccc2c(=O)c3ccc(Cl)cc3oc2c1. The van der Waals surface area contributed by atoms with Crippen LogP contribution in [0.1, 0.15) is 20.3 Å².